The minimum absolute atomic E-state index is 0.152. The Kier molecular flexibility index (Phi) is 6.30. The second-order valence-electron chi connectivity index (χ2n) is 6.31. The highest BCUT2D eigenvalue weighted by atomic mass is 16.5. The number of fused-ring (bicyclic) bond motifs is 1. The number of aromatic amines is 1. The van der Waals surface area contributed by atoms with Crippen LogP contribution < -0.4 is 10.4 Å². The molecule has 142 valence electrons. The molecule has 0 radical (unpaired) electrons. The van der Waals surface area contributed by atoms with Crippen molar-refractivity contribution in [2.75, 3.05) is 13.2 Å². The van der Waals surface area contributed by atoms with E-state index in [1.165, 1.54) is 0 Å². The fraction of sp³-hybridized carbons (Fsp3) is 0.333. The first-order chi connectivity index (χ1) is 13.2. The lowest BCUT2D eigenvalue weighted by atomic mass is 10.2. The molecule has 0 aliphatic heterocycles. The molecule has 0 bridgehead atoms. The maximum Gasteiger partial charge on any atom is 0.338 e. The Morgan fingerprint density at radius 2 is 1.81 bits per heavy atom. The van der Waals surface area contributed by atoms with Crippen molar-refractivity contribution in [1.29, 1.82) is 0 Å². The fourth-order valence-corrected chi connectivity index (χ4v) is 2.82. The molecule has 1 N–H and O–H groups in total. The van der Waals surface area contributed by atoms with Gasteiger partial charge in [0.05, 0.1) is 29.8 Å². The van der Waals surface area contributed by atoms with Gasteiger partial charge in [0.1, 0.15) is 5.75 Å². The lowest BCUT2D eigenvalue weighted by molar-refractivity contribution is 0.0496. The van der Waals surface area contributed by atoms with Crippen molar-refractivity contribution >= 4 is 17.0 Å². The minimum atomic E-state index is -0.374. The van der Waals surface area contributed by atoms with Crippen LogP contribution in [-0.2, 0) is 11.3 Å². The van der Waals surface area contributed by atoms with Crippen LogP contribution in [0.4, 0.5) is 0 Å². The molecule has 2 aromatic carbocycles. The highest BCUT2D eigenvalue weighted by molar-refractivity contribution is 5.89. The Bertz CT molecular complexity index is 941. The zero-order valence-electron chi connectivity index (χ0n) is 15.4. The van der Waals surface area contributed by atoms with Crippen molar-refractivity contribution in [2.24, 2.45) is 0 Å². The van der Waals surface area contributed by atoms with Gasteiger partial charge in [0.25, 0.3) is 0 Å². The van der Waals surface area contributed by atoms with Crippen LogP contribution in [0.2, 0.25) is 0 Å². The van der Waals surface area contributed by atoms with Gasteiger partial charge in [-0.05, 0) is 49.2 Å². The summed E-state index contributed by atoms with van der Waals surface area (Å²) in [5.74, 6) is 0.375. The number of rotatable bonds is 9. The Balaban J connectivity index is 1.48. The Labute approximate surface area is 157 Å². The molecule has 0 aliphatic carbocycles. The number of hydrogen-bond donors (Lipinski definition) is 1. The van der Waals surface area contributed by atoms with Crippen molar-refractivity contribution in [3.8, 4) is 5.75 Å². The Morgan fingerprint density at radius 1 is 1.04 bits per heavy atom. The van der Waals surface area contributed by atoms with Gasteiger partial charge in [-0.15, -0.1) is 0 Å². The number of carbonyl (C=O) groups is 1. The van der Waals surface area contributed by atoms with Crippen LogP contribution in [0, 0.1) is 0 Å². The molecular formula is C21H24N2O4. The lowest BCUT2D eigenvalue weighted by Gasteiger charge is -2.08. The Hall–Kier alpha value is -3.02. The predicted molar refractivity (Wildman–Crippen MR) is 104 cm³/mol. The van der Waals surface area contributed by atoms with Crippen molar-refractivity contribution in [1.82, 2.24) is 9.55 Å². The quantitative estimate of drug-likeness (QED) is 0.461. The van der Waals surface area contributed by atoms with Crippen LogP contribution in [0.3, 0.4) is 0 Å². The second kappa shape index (κ2) is 9.07. The number of aromatic nitrogens is 2. The first kappa shape index (κ1) is 18.8. The van der Waals surface area contributed by atoms with E-state index in [0.717, 1.165) is 29.6 Å². The van der Waals surface area contributed by atoms with Crippen LogP contribution in [-0.4, -0.2) is 28.7 Å². The molecule has 0 fully saturated rings. The number of carbonyl (C=O) groups excluding carboxylic acids is 1. The molecule has 6 heteroatoms. The average molecular weight is 368 g/mol. The number of imidazole rings is 1. The largest absolute Gasteiger partial charge is 0.494 e. The number of unbranched alkanes of at least 4 members (excludes halogenated alkanes) is 1. The number of aryl methyl sites for hydroxylation is 1. The fourth-order valence-electron chi connectivity index (χ4n) is 2.82. The molecule has 1 heterocycles. The van der Waals surface area contributed by atoms with E-state index >= 15 is 0 Å². The molecule has 6 nitrogen and oxygen atoms in total. The molecule has 0 unspecified atom stereocenters. The molecule has 0 spiro atoms. The van der Waals surface area contributed by atoms with Gasteiger partial charge in [0, 0.05) is 6.54 Å². The zero-order valence-corrected chi connectivity index (χ0v) is 15.4. The first-order valence-corrected chi connectivity index (χ1v) is 9.26. The summed E-state index contributed by atoms with van der Waals surface area (Å²) in [7, 11) is 0. The van der Waals surface area contributed by atoms with Gasteiger partial charge in [0.15, 0.2) is 0 Å². The molecule has 0 atom stereocenters. The van der Waals surface area contributed by atoms with E-state index in [4.69, 9.17) is 9.47 Å². The maximum atomic E-state index is 12.1. The number of para-hydroxylation sites is 2. The van der Waals surface area contributed by atoms with E-state index in [9.17, 15) is 9.59 Å². The summed E-state index contributed by atoms with van der Waals surface area (Å²) in [4.78, 5) is 26.9. The molecule has 3 rings (SSSR count). The molecule has 27 heavy (non-hydrogen) atoms. The van der Waals surface area contributed by atoms with E-state index in [2.05, 4.69) is 11.9 Å². The van der Waals surface area contributed by atoms with E-state index < -0.39 is 0 Å². The number of ether oxygens (including phenoxy) is 2. The van der Waals surface area contributed by atoms with Crippen LogP contribution in [0.25, 0.3) is 11.0 Å². The summed E-state index contributed by atoms with van der Waals surface area (Å²) in [6.45, 7) is 3.52. The van der Waals surface area contributed by atoms with E-state index in [1.54, 1.807) is 28.8 Å². The summed E-state index contributed by atoms with van der Waals surface area (Å²) in [6.07, 6.45) is 2.64. The first-order valence-electron chi connectivity index (χ1n) is 9.26. The molecule has 0 saturated carbocycles. The third-order valence-electron chi connectivity index (χ3n) is 4.30. The van der Waals surface area contributed by atoms with Crippen LogP contribution in [0.5, 0.6) is 5.75 Å². The van der Waals surface area contributed by atoms with Gasteiger partial charge < -0.3 is 14.5 Å². The normalized spacial score (nSPS) is 10.9. The molecular weight excluding hydrogens is 344 g/mol. The number of benzene rings is 2. The smallest absolute Gasteiger partial charge is 0.338 e. The van der Waals surface area contributed by atoms with Gasteiger partial charge >= 0.3 is 11.7 Å². The Morgan fingerprint density at radius 3 is 2.59 bits per heavy atom. The van der Waals surface area contributed by atoms with Crippen molar-refractivity contribution in [3.63, 3.8) is 0 Å². The van der Waals surface area contributed by atoms with Crippen LogP contribution in [0.1, 0.15) is 36.5 Å². The van der Waals surface area contributed by atoms with Gasteiger partial charge in [-0.25, -0.2) is 9.59 Å². The third kappa shape index (κ3) is 4.78. The van der Waals surface area contributed by atoms with E-state index in [1.807, 2.05) is 24.3 Å². The summed E-state index contributed by atoms with van der Waals surface area (Å²) < 4.78 is 12.5. The summed E-state index contributed by atoms with van der Waals surface area (Å²) >= 11 is 0. The average Bonchev–Trinajstić information content (AvgIpc) is 3.01. The standard InChI is InChI=1S/C21H24N2O4/c1-2-3-14-26-17-11-9-16(10-12-17)20(24)27-15-6-13-23-19-8-5-4-7-18(19)22-21(23)25/h4-5,7-12H,2-3,6,13-15H2,1H3,(H,22,25). The van der Waals surface area contributed by atoms with Gasteiger partial charge in [0.2, 0.25) is 0 Å². The van der Waals surface area contributed by atoms with Crippen molar-refractivity contribution in [3.05, 3.63) is 64.6 Å². The molecule has 3 aromatic rings. The number of hydrogen-bond acceptors (Lipinski definition) is 4. The summed E-state index contributed by atoms with van der Waals surface area (Å²) in [5, 5.41) is 0. The summed E-state index contributed by atoms with van der Waals surface area (Å²) in [6, 6.07) is 14.5. The van der Waals surface area contributed by atoms with Gasteiger partial charge in [-0.1, -0.05) is 25.5 Å². The topological polar surface area (TPSA) is 73.3 Å². The third-order valence-corrected chi connectivity index (χ3v) is 4.30. The molecule has 0 aliphatic rings. The number of H-pyrrole nitrogens is 1. The predicted octanol–water partition coefficient (Wildman–Crippen LogP) is 3.76. The van der Waals surface area contributed by atoms with Gasteiger partial charge in [-0.3, -0.25) is 4.57 Å². The highest BCUT2D eigenvalue weighted by Gasteiger charge is 2.09. The van der Waals surface area contributed by atoms with Gasteiger partial charge in [-0.2, -0.15) is 0 Å². The van der Waals surface area contributed by atoms with Crippen molar-refractivity contribution in [2.45, 2.75) is 32.7 Å². The maximum absolute atomic E-state index is 12.1. The zero-order chi connectivity index (χ0) is 19.1. The molecule has 1 aromatic heterocycles. The van der Waals surface area contributed by atoms with Crippen LogP contribution in [0.15, 0.2) is 53.3 Å². The highest BCUT2D eigenvalue weighted by Crippen LogP contribution is 2.14. The molecule has 0 saturated heterocycles. The summed E-state index contributed by atoms with van der Waals surface area (Å²) in [5.41, 5.74) is 2.00. The van der Waals surface area contributed by atoms with Crippen LogP contribution >= 0.6 is 0 Å². The second-order valence-corrected chi connectivity index (χ2v) is 6.31. The van der Waals surface area contributed by atoms with E-state index in [-0.39, 0.29) is 18.3 Å². The van der Waals surface area contributed by atoms with E-state index in [0.29, 0.717) is 25.1 Å². The lowest BCUT2D eigenvalue weighted by Crippen LogP contribution is -2.18. The number of nitrogens with zero attached hydrogens (tertiary/aromatic N) is 1. The number of esters is 1. The molecule has 0 amide bonds. The minimum Gasteiger partial charge on any atom is -0.494 e. The SMILES string of the molecule is CCCCOc1ccc(C(=O)OCCCn2c(=O)[nH]c3ccccc32)cc1. The number of nitrogens with one attached hydrogen (secondary N) is 1. The van der Waals surface area contributed by atoms with Crippen molar-refractivity contribution < 1.29 is 14.3 Å². The monoisotopic (exact) mass is 368 g/mol.